The van der Waals surface area contributed by atoms with Crippen molar-refractivity contribution < 1.29 is 9.13 Å². The molecule has 0 aliphatic rings. The Balaban J connectivity index is 2.87. The third-order valence-electron chi connectivity index (χ3n) is 3.11. The molecule has 21 heavy (non-hydrogen) atoms. The van der Waals surface area contributed by atoms with Crippen molar-refractivity contribution >= 4 is 5.82 Å². The van der Waals surface area contributed by atoms with E-state index in [1.807, 2.05) is 6.92 Å². The molecule has 0 aliphatic heterocycles. The first-order valence-corrected chi connectivity index (χ1v) is 7.59. The number of anilines is 1. The maximum Gasteiger partial charge on any atom is 0.141 e. The van der Waals surface area contributed by atoms with Crippen molar-refractivity contribution in [2.45, 2.75) is 46.7 Å². The molecule has 0 radical (unpaired) electrons. The summed E-state index contributed by atoms with van der Waals surface area (Å²) in [4.78, 5) is 6.40. The highest BCUT2D eigenvalue weighted by atomic mass is 19.1. The number of pyridine rings is 1. The summed E-state index contributed by atoms with van der Waals surface area (Å²) in [5.74, 6) is 0.528. The van der Waals surface area contributed by atoms with E-state index in [4.69, 9.17) is 4.74 Å². The van der Waals surface area contributed by atoms with Crippen molar-refractivity contribution in [1.82, 2.24) is 10.3 Å². The van der Waals surface area contributed by atoms with Crippen LogP contribution in [0.4, 0.5) is 10.2 Å². The largest absolute Gasteiger partial charge is 0.380 e. The Kier molecular flexibility index (Phi) is 7.05. The Hall–Kier alpha value is -1.20. The Morgan fingerprint density at radius 3 is 2.62 bits per heavy atom. The van der Waals surface area contributed by atoms with Crippen LogP contribution in [-0.4, -0.2) is 36.8 Å². The molecule has 0 saturated carbocycles. The third kappa shape index (κ3) is 6.40. The number of ether oxygens (including phenoxy) is 1. The van der Waals surface area contributed by atoms with Gasteiger partial charge >= 0.3 is 0 Å². The molecule has 0 amide bonds. The summed E-state index contributed by atoms with van der Waals surface area (Å²) in [6, 6.07) is 1.56. The van der Waals surface area contributed by atoms with Gasteiger partial charge in [0.1, 0.15) is 11.6 Å². The third-order valence-corrected chi connectivity index (χ3v) is 3.11. The average Bonchev–Trinajstić information content (AvgIpc) is 2.41. The van der Waals surface area contributed by atoms with Crippen LogP contribution in [0.1, 0.15) is 40.2 Å². The Labute approximate surface area is 127 Å². The lowest BCUT2D eigenvalue weighted by atomic mass is 10.1. The molecule has 0 fully saturated rings. The number of nitrogens with one attached hydrogen (secondary N) is 1. The van der Waals surface area contributed by atoms with E-state index in [0.717, 1.165) is 24.5 Å². The van der Waals surface area contributed by atoms with E-state index in [-0.39, 0.29) is 11.4 Å². The van der Waals surface area contributed by atoms with Gasteiger partial charge in [0.2, 0.25) is 0 Å². The molecule has 0 aromatic carbocycles. The van der Waals surface area contributed by atoms with Crippen LogP contribution in [-0.2, 0) is 11.3 Å². The topological polar surface area (TPSA) is 37.4 Å². The van der Waals surface area contributed by atoms with Gasteiger partial charge in [-0.25, -0.2) is 9.37 Å². The monoisotopic (exact) mass is 297 g/mol. The average molecular weight is 297 g/mol. The number of nitrogens with zero attached hydrogens (tertiary/aromatic N) is 2. The smallest absolute Gasteiger partial charge is 0.141 e. The van der Waals surface area contributed by atoms with Gasteiger partial charge in [-0.15, -0.1) is 0 Å². The quantitative estimate of drug-likeness (QED) is 0.749. The number of rotatable bonds is 8. The van der Waals surface area contributed by atoms with Crippen molar-refractivity contribution in [2.24, 2.45) is 0 Å². The number of hydrogen-bond acceptors (Lipinski definition) is 4. The molecule has 1 aromatic heterocycles. The van der Waals surface area contributed by atoms with Crippen LogP contribution in [0, 0.1) is 5.82 Å². The van der Waals surface area contributed by atoms with Crippen LogP contribution < -0.4 is 10.2 Å². The zero-order chi connectivity index (χ0) is 15.9. The lowest BCUT2D eigenvalue weighted by Gasteiger charge is -2.26. The van der Waals surface area contributed by atoms with Crippen molar-refractivity contribution in [2.75, 3.05) is 31.2 Å². The zero-order valence-electron chi connectivity index (χ0n) is 13.9. The lowest BCUT2D eigenvalue weighted by molar-refractivity contribution is 0.154. The molecular formula is C16H28FN3O. The summed E-state index contributed by atoms with van der Waals surface area (Å²) < 4.78 is 18.9. The van der Waals surface area contributed by atoms with Crippen LogP contribution in [0.2, 0.25) is 0 Å². The summed E-state index contributed by atoms with van der Waals surface area (Å²) in [5.41, 5.74) is 0.856. The summed E-state index contributed by atoms with van der Waals surface area (Å²) in [6.07, 6.45) is 1.28. The number of hydrogen-bond donors (Lipinski definition) is 1. The molecule has 0 unspecified atom stereocenters. The van der Waals surface area contributed by atoms with E-state index in [1.54, 1.807) is 6.07 Å². The number of likely N-dealkylation sites (N-methyl/N-ethyl adjacent to an activating group) is 1. The van der Waals surface area contributed by atoms with E-state index in [9.17, 15) is 4.39 Å². The summed E-state index contributed by atoms with van der Waals surface area (Å²) >= 11 is 0. The normalized spacial score (nSPS) is 11.7. The molecule has 1 heterocycles. The number of halogens is 1. The molecule has 1 N–H and O–H groups in total. The Morgan fingerprint density at radius 1 is 1.33 bits per heavy atom. The van der Waals surface area contributed by atoms with Crippen LogP contribution in [0.15, 0.2) is 12.3 Å². The molecule has 0 bridgehead atoms. The SMILES string of the molecule is CCOCCN(CC)c1ncc(F)cc1CNC(C)(C)C. The van der Waals surface area contributed by atoms with Crippen LogP contribution in [0.5, 0.6) is 0 Å². The van der Waals surface area contributed by atoms with Crippen molar-refractivity contribution in [3.63, 3.8) is 0 Å². The van der Waals surface area contributed by atoms with Crippen molar-refractivity contribution in [3.05, 3.63) is 23.6 Å². The molecule has 0 atom stereocenters. The highest BCUT2D eigenvalue weighted by Crippen LogP contribution is 2.19. The maximum absolute atomic E-state index is 13.5. The second kappa shape index (κ2) is 8.29. The summed E-state index contributed by atoms with van der Waals surface area (Å²) in [7, 11) is 0. The van der Waals surface area contributed by atoms with Crippen molar-refractivity contribution in [3.8, 4) is 0 Å². The molecule has 0 aliphatic carbocycles. The van der Waals surface area contributed by atoms with Crippen LogP contribution >= 0.6 is 0 Å². The van der Waals surface area contributed by atoms with Crippen molar-refractivity contribution in [1.29, 1.82) is 0 Å². The van der Waals surface area contributed by atoms with Crippen LogP contribution in [0.3, 0.4) is 0 Å². The van der Waals surface area contributed by atoms with E-state index in [0.29, 0.717) is 19.8 Å². The first kappa shape index (κ1) is 17.9. The fraction of sp³-hybridized carbons (Fsp3) is 0.688. The van der Waals surface area contributed by atoms with E-state index in [2.05, 4.69) is 42.9 Å². The van der Waals surface area contributed by atoms with Gasteiger partial charge in [-0.05, 0) is 40.7 Å². The van der Waals surface area contributed by atoms with Crippen LogP contribution in [0.25, 0.3) is 0 Å². The van der Waals surface area contributed by atoms with E-state index in [1.165, 1.54) is 6.20 Å². The molecule has 0 saturated heterocycles. The molecule has 1 aromatic rings. The fourth-order valence-electron chi connectivity index (χ4n) is 1.98. The minimum atomic E-state index is -0.301. The van der Waals surface area contributed by atoms with Gasteiger partial charge in [-0.2, -0.15) is 0 Å². The standard InChI is InChI=1S/C16H28FN3O/c1-6-20(8-9-21-7-2)15-13(10-14(17)12-18-15)11-19-16(3,4)5/h10,12,19H,6-9,11H2,1-5H3. The van der Waals surface area contributed by atoms with Gasteiger partial charge in [0, 0.05) is 37.3 Å². The molecule has 1 rings (SSSR count). The second-order valence-electron chi connectivity index (χ2n) is 6.02. The minimum absolute atomic E-state index is 0.0219. The first-order valence-electron chi connectivity index (χ1n) is 7.59. The van der Waals surface area contributed by atoms with Gasteiger partial charge in [-0.1, -0.05) is 0 Å². The molecule has 120 valence electrons. The zero-order valence-corrected chi connectivity index (χ0v) is 13.9. The molecule has 5 heteroatoms. The van der Waals surface area contributed by atoms with Gasteiger partial charge in [0.15, 0.2) is 0 Å². The predicted molar refractivity (Wildman–Crippen MR) is 85.2 cm³/mol. The van der Waals surface area contributed by atoms with Gasteiger partial charge in [0.05, 0.1) is 12.8 Å². The molecule has 4 nitrogen and oxygen atoms in total. The minimum Gasteiger partial charge on any atom is -0.380 e. The highest BCUT2D eigenvalue weighted by Gasteiger charge is 2.15. The lowest BCUT2D eigenvalue weighted by Crippen LogP contribution is -2.36. The fourth-order valence-corrected chi connectivity index (χ4v) is 1.98. The second-order valence-corrected chi connectivity index (χ2v) is 6.02. The molecule has 0 spiro atoms. The van der Waals surface area contributed by atoms with Gasteiger partial charge in [0.25, 0.3) is 0 Å². The number of aromatic nitrogens is 1. The summed E-state index contributed by atoms with van der Waals surface area (Å²) in [6.45, 7) is 13.8. The summed E-state index contributed by atoms with van der Waals surface area (Å²) in [5, 5.41) is 3.39. The molecular weight excluding hydrogens is 269 g/mol. The predicted octanol–water partition coefficient (Wildman–Crippen LogP) is 2.97. The maximum atomic E-state index is 13.5. The Morgan fingerprint density at radius 2 is 2.05 bits per heavy atom. The highest BCUT2D eigenvalue weighted by molar-refractivity contribution is 5.46. The van der Waals surface area contributed by atoms with Gasteiger partial charge < -0.3 is 15.0 Å². The van der Waals surface area contributed by atoms with Gasteiger partial charge in [-0.3, -0.25) is 0 Å². The van der Waals surface area contributed by atoms with E-state index >= 15 is 0 Å². The van der Waals surface area contributed by atoms with E-state index < -0.39 is 0 Å². The first-order chi connectivity index (χ1) is 9.87. The Bertz CT molecular complexity index is 432.